The lowest BCUT2D eigenvalue weighted by Gasteiger charge is -2.17. The Kier molecular flexibility index (Phi) is 4.35. The summed E-state index contributed by atoms with van der Waals surface area (Å²) in [5.74, 6) is -0.451. The Bertz CT molecular complexity index is 614. The number of carbonyl (C=O) groups is 1. The van der Waals surface area contributed by atoms with Crippen LogP contribution >= 0.6 is 0 Å². The molecule has 2 aromatic rings. The van der Waals surface area contributed by atoms with Crippen molar-refractivity contribution in [2.24, 2.45) is 5.73 Å². The fourth-order valence-corrected chi connectivity index (χ4v) is 1.96. The van der Waals surface area contributed by atoms with Gasteiger partial charge in [0.25, 0.3) is 0 Å². The molecule has 0 fully saturated rings. The molecule has 2 rings (SSSR count). The molecule has 0 radical (unpaired) electrons. The van der Waals surface area contributed by atoms with Gasteiger partial charge in [-0.1, -0.05) is 30.3 Å². The maximum absolute atomic E-state index is 11.0. The number of nitrogens with zero attached hydrogens (tertiary/aromatic N) is 1. The molecule has 20 heavy (non-hydrogen) atoms. The second kappa shape index (κ2) is 6.39. The maximum atomic E-state index is 11.0. The van der Waals surface area contributed by atoms with E-state index in [2.05, 4.69) is 11.4 Å². The van der Waals surface area contributed by atoms with Gasteiger partial charge in [-0.25, -0.2) is 0 Å². The van der Waals surface area contributed by atoms with Gasteiger partial charge in [0, 0.05) is 11.3 Å². The summed E-state index contributed by atoms with van der Waals surface area (Å²) < 4.78 is 0. The lowest BCUT2D eigenvalue weighted by Crippen LogP contribution is -2.12. The van der Waals surface area contributed by atoms with Gasteiger partial charge in [-0.15, -0.1) is 0 Å². The Labute approximate surface area is 117 Å². The number of amides is 1. The maximum Gasteiger partial charge on any atom is 0.248 e. The highest BCUT2D eigenvalue weighted by Gasteiger charge is 2.10. The summed E-state index contributed by atoms with van der Waals surface area (Å²) in [5, 5.41) is 12.2. The first-order valence-electron chi connectivity index (χ1n) is 6.29. The highest BCUT2D eigenvalue weighted by atomic mass is 16.1. The highest BCUT2D eigenvalue weighted by molar-refractivity contribution is 5.93. The number of hydrogen-bond donors (Lipinski definition) is 2. The second-order valence-corrected chi connectivity index (χ2v) is 4.41. The third-order valence-corrected chi connectivity index (χ3v) is 3.01. The number of benzene rings is 2. The number of rotatable bonds is 5. The number of carbonyl (C=O) groups excluding carboxylic acids is 1. The SMILES string of the molecule is N#CCC(Nc1ccc(C(N)=O)cc1)c1ccccc1. The van der Waals surface area contributed by atoms with Gasteiger partial charge in [0.15, 0.2) is 0 Å². The van der Waals surface area contributed by atoms with Crippen molar-refractivity contribution in [2.45, 2.75) is 12.5 Å². The minimum atomic E-state index is -0.451. The lowest BCUT2D eigenvalue weighted by atomic mass is 10.0. The predicted molar refractivity (Wildman–Crippen MR) is 78.0 cm³/mol. The molecule has 0 aliphatic heterocycles. The van der Waals surface area contributed by atoms with Gasteiger partial charge < -0.3 is 11.1 Å². The van der Waals surface area contributed by atoms with Crippen LogP contribution in [0, 0.1) is 11.3 Å². The number of nitrogens with one attached hydrogen (secondary N) is 1. The molecule has 100 valence electrons. The Morgan fingerprint density at radius 3 is 2.35 bits per heavy atom. The van der Waals surface area contributed by atoms with Gasteiger partial charge in [-0.2, -0.15) is 5.26 Å². The van der Waals surface area contributed by atoms with Crippen molar-refractivity contribution in [1.82, 2.24) is 0 Å². The Morgan fingerprint density at radius 2 is 1.80 bits per heavy atom. The molecule has 1 atom stereocenters. The van der Waals surface area contributed by atoms with Crippen molar-refractivity contribution in [3.8, 4) is 6.07 Å². The zero-order valence-electron chi connectivity index (χ0n) is 10.9. The largest absolute Gasteiger partial charge is 0.377 e. The van der Waals surface area contributed by atoms with Crippen LogP contribution in [0.15, 0.2) is 54.6 Å². The Hall–Kier alpha value is -2.80. The third-order valence-electron chi connectivity index (χ3n) is 3.01. The molecule has 0 aromatic heterocycles. The van der Waals surface area contributed by atoms with Crippen LogP contribution in [0.25, 0.3) is 0 Å². The number of hydrogen-bond acceptors (Lipinski definition) is 3. The van der Waals surface area contributed by atoms with Crippen LogP contribution in [0.3, 0.4) is 0 Å². The van der Waals surface area contributed by atoms with E-state index in [0.29, 0.717) is 12.0 Å². The second-order valence-electron chi connectivity index (χ2n) is 4.41. The van der Waals surface area contributed by atoms with E-state index in [0.717, 1.165) is 11.3 Å². The van der Waals surface area contributed by atoms with E-state index in [-0.39, 0.29) is 6.04 Å². The molecule has 1 amide bonds. The molecule has 3 N–H and O–H groups in total. The van der Waals surface area contributed by atoms with Gasteiger partial charge in [0.2, 0.25) is 5.91 Å². The first-order valence-corrected chi connectivity index (χ1v) is 6.29. The standard InChI is InChI=1S/C16H15N3O/c17-11-10-15(12-4-2-1-3-5-12)19-14-8-6-13(7-9-14)16(18)20/h1-9,15,19H,10H2,(H2,18,20). The van der Waals surface area contributed by atoms with Crippen LogP contribution in [0.4, 0.5) is 5.69 Å². The summed E-state index contributed by atoms with van der Waals surface area (Å²) in [4.78, 5) is 11.0. The molecule has 4 heteroatoms. The summed E-state index contributed by atoms with van der Waals surface area (Å²) in [6.07, 6.45) is 0.363. The summed E-state index contributed by atoms with van der Waals surface area (Å²) in [6.45, 7) is 0. The van der Waals surface area contributed by atoms with E-state index in [1.807, 2.05) is 30.3 Å². The summed E-state index contributed by atoms with van der Waals surface area (Å²) in [5.41, 5.74) is 7.56. The molecule has 0 saturated heterocycles. The van der Waals surface area contributed by atoms with E-state index in [9.17, 15) is 4.79 Å². The topological polar surface area (TPSA) is 78.9 Å². The first kappa shape index (κ1) is 13.6. The zero-order chi connectivity index (χ0) is 14.4. The molecule has 0 bridgehead atoms. The van der Waals surface area contributed by atoms with Crippen molar-refractivity contribution in [2.75, 3.05) is 5.32 Å². The Balaban J connectivity index is 2.16. The number of nitrogens with two attached hydrogens (primary N) is 1. The van der Waals surface area contributed by atoms with Gasteiger partial charge in [0.1, 0.15) is 0 Å². The van der Waals surface area contributed by atoms with E-state index in [1.54, 1.807) is 24.3 Å². The third kappa shape index (κ3) is 3.36. The molecule has 0 saturated carbocycles. The fraction of sp³-hybridized carbons (Fsp3) is 0.125. The smallest absolute Gasteiger partial charge is 0.248 e. The van der Waals surface area contributed by atoms with Crippen LogP contribution in [0.5, 0.6) is 0 Å². The van der Waals surface area contributed by atoms with Crippen LogP contribution in [0.1, 0.15) is 28.4 Å². The minimum Gasteiger partial charge on any atom is -0.377 e. The monoisotopic (exact) mass is 265 g/mol. The van der Waals surface area contributed by atoms with E-state index >= 15 is 0 Å². The quantitative estimate of drug-likeness (QED) is 0.872. The molecule has 0 spiro atoms. The molecule has 1 unspecified atom stereocenters. The van der Waals surface area contributed by atoms with Crippen molar-refractivity contribution in [1.29, 1.82) is 5.26 Å². The van der Waals surface area contributed by atoms with Crippen LogP contribution in [-0.4, -0.2) is 5.91 Å². The van der Waals surface area contributed by atoms with Gasteiger partial charge in [-0.3, -0.25) is 4.79 Å². The van der Waals surface area contributed by atoms with E-state index in [4.69, 9.17) is 11.0 Å². The molecule has 0 aliphatic rings. The van der Waals surface area contributed by atoms with E-state index < -0.39 is 5.91 Å². The number of primary amides is 1. The first-order chi connectivity index (χ1) is 9.70. The molecule has 0 aliphatic carbocycles. The van der Waals surface area contributed by atoms with Gasteiger partial charge in [-0.05, 0) is 29.8 Å². The van der Waals surface area contributed by atoms with Crippen LogP contribution < -0.4 is 11.1 Å². The van der Waals surface area contributed by atoms with Crippen LogP contribution in [0.2, 0.25) is 0 Å². The van der Waals surface area contributed by atoms with Gasteiger partial charge in [0.05, 0.1) is 18.5 Å². The lowest BCUT2D eigenvalue weighted by molar-refractivity contribution is 0.100. The van der Waals surface area contributed by atoms with Crippen molar-refractivity contribution < 1.29 is 4.79 Å². The molecule has 2 aromatic carbocycles. The van der Waals surface area contributed by atoms with Crippen molar-refractivity contribution in [3.63, 3.8) is 0 Å². The highest BCUT2D eigenvalue weighted by Crippen LogP contribution is 2.22. The number of nitriles is 1. The van der Waals surface area contributed by atoms with Crippen LogP contribution in [-0.2, 0) is 0 Å². The summed E-state index contributed by atoms with van der Waals surface area (Å²) in [7, 11) is 0. The Morgan fingerprint density at radius 1 is 1.15 bits per heavy atom. The zero-order valence-corrected chi connectivity index (χ0v) is 10.9. The summed E-state index contributed by atoms with van der Waals surface area (Å²) >= 11 is 0. The molecular formula is C16H15N3O. The fourth-order valence-electron chi connectivity index (χ4n) is 1.96. The summed E-state index contributed by atoms with van der Waals surface area (Å²) in [6, 6.07) is 18.8. The molecule has 4 nitrogen and oxygen atoms in total. The average Bonchev–Trinajstić information content (AvgIpc) is 2.48. The van der Waals surface area contributed by atoms with Crippen molar-refractivity contribution in [3.05, 3.63) is 65.7 Å². The molecular weight excluding hydrogens is 250 g/mol. The predicted octanol–water partition coefficient (Wildman–Crippen LogP) is 2.85. The molecule has 0 heterocycles. The van der Waals surface area contributed by atoms with E-state index in [1.165, 1.54) is 0 Å². The number of anilines is 1. The minimum absolute atomic E-state index is 0.0828. The normalized spacial score (nSPS) is 11.3. The average molecular weight is 265 g/mol. The van der Waals surface area contributed by atoms with Crippen molar-refractivity contribution >= 4 is 11.6 Å². The van der Waals surface area contributed by atoms with Gasteiger partial charge >= 0.3 is 0 Å².